The highest BCUT2D eigenvalue weighted by Crippen LogP contribution is 2.24. The summed E-state index contributed by atoms with van der Waals surface area (Å²) in [4.78, 5) is 10.2. The van der Waals surface area contributed by atoms with Gasteiger partial charge in [-0.25, -0.2) is 0 Å². The number of nitro benzene ring substituents is 1. The molecule has 0 aliphatic carbocycles. The Morgan fingerprint density at radius 1 is 1.50 bits per heavy atom. The quantitative estimate of drug-likeness (QED) is 0.655. The molecule has 18 heavy (non-hydrogen) atoms. The Bertz CT molecular complexity index is 498. The van der Waals surface area contributed by atoms with Crippen LogP contribution in [0.15, 0.2) is 18.2 Å². The SMILES string of the molecule is CC(C)(C)C(N)Cc1ccc([N+](=O)[O-])c(C#N)c1. The van der Waals surface area contributed by atoms with Crippen LogP contribution in [0.2, 0.25) is 0 Å². The summed E-state index contributed by atoms with van der Waals surface area (Å²) in [5.74, 6) is 0. The lowest BCUT2D eigenvalue weighted by Crippen LogP contribution is -2.36. The van der Waals surface area contributed by atoms with Gasteiger partial charge in [0, 0.05) is 12.1 Å². The van der Waals surface area contributed by atoms with Crippen molar-refractivity contribution in [3.63, 3.8) is 0 Å². The van der Waals surface area contributed by atoms with Crippen molar-refractivity contribution in [1.82, 2.24) is 0 Å². The van der Waals surface area contributed by atoms with Crippen molar-refractivity contribution in [3.05, 3.63) is 39.4 Å². The highest BCUT2D eigenvalue weighted by Gasteiger charge is 2.22. The van der Waals surface area contributed by atoms with E-state index >= 15 is 0 Å². The highest BCUT2D eigenvalue weighted by atomic mass is 16.6. The molecule has 0 aromatic heterocycles. The molecule has 0 aliphatic rings. The Morgan fingerprint density at radius 3 is 2.56 bits per heavy atom. The molecule has 1 rings (SSSR count). The van der Waals surface area contributed by atoms with Crippen molar-refractivity contribution >= 4 is 5.69 Å². The Hall–Kier alpha value is -1.93. The average Bonchev–Trinajstić information content (AvgIpc) is 2.27. The van der Waals surface area contributed by atoms with Gasteiger partial charge in [0.2, 0.25) is 0 Å². The van der Waals surface area contributed by atoms with E-state index in [1.54, 1.807) is 12.1 Å². The molecule has 0 amide bonds. The van der Waals surface area contributed by atoms with E-state index in [1.807, 2.05) is 26.8 Å². The molecule has 0 radical (unpaired) electrons. The van der Waals surface area contributed by atoms with Crippen LogP contribution >= 0.6 is 0 Å². The van der Waals surface area contributed by atoms with Gasteiger partial charge < -0.3 is 5.73 Å². The number of hydrogen-bond donors (Lipinski definition) is 1. The van der Waals surface area contributed by atoms with Gasteiger partial charge in [-0.3, -0.25) is 10.1 Å². The second-order valence-electron chi connectivity index (χ2n) is 5.40. The van der Waals surface area contributed by atoms with E-state index in [2.05, 4.69) is 0 Å². The first-order chi connectivity index (χ1) is 8.25. The predicted molar refractivity (Wildman–Crippen MR) is 68.9 cm³/mol. The maximum absolute atomic E-state index is 10.7. The average molecular weight is 247 g/mol. The molecule has 0 spiro atoms. The van der Waals surface area contributed by atoms with Crippen LogP contribution in [0.4, 0.5) is 5.69 Å². The van der Waals surface area contributed by atoms with Gasteiger partial charge >= 0.3 is 0 Å². The summed E-state index contributed by atoms with van der Waals surface area (Å²) < 4.78 is 0. The van der Waals surface area contributed by atoms with Crippen molar-refractivity contribution in [2.75, 3.05) is 0 Å². The van der Waals surface area contributed by atoms with Gasteiger partial charge in [-0.15, -0.1) is 0 Å². The van der Waals surface area contributed by atoms with Crippen LogP contribution in [0.1, 0.15) is 31.9 Å². The molecule has 96 valence electrons. The number of hydrogen-bond acceptors (Lipinski definition) is 4. The van der Waals surface area contributed by atoms with Crippen LogP contribution in [-0.4, -0.2) is 11.0 Å². The second kappa shape index (κ2) is 5.15. The first kappa shape index (κ1) is 14.1. The zero-order valence-corrected chi connectivity index (χ0v) is 10.8. The van der Waals surface area contributed by atoms with Crippen molar-refractivity contribution in [2.24, 2.45) is 11.1 Å². The van der Waals surface area contributed by atoms with E-state index in [9.17, 15) is 10.1 Å². The van der Waals surface area contributed by atoms with E-state index in [-0.39, 0.29) is 22.7 Å². The molecule has 0 saturated carbocycles. The third-order valence-corrected chi connectivity index (χ3v) is 2.95. The zero-order valence-electron chi connectivity index (χ0n) is 10.8. The maximum Gasteiger partial charge on any atom is 0.287 e. The minimum absolute atomic E-state index is 0.0470. The fourth-order valence-corrected chi connectivity index (χ4v) is 1.52. The second-order valence-corrected chi connectivity index (χ2v) is 5.40. The summed E-state index contributed by atoms with van der Waals surface area (Å²) in [5, 5.41) is 19.6. The summed E-state index contributed by atoms with van der Waals surface area (Å²) in [6.45, 7) is 6.11. The summed E-state index contributed by atoms with van der Waals surface area (Å²) in [6, 6.07) is 6.35. The van der Waals surface area contributed by atoms with Crippen LogP contribution in [0.3, 0.4) is 0 Å². The van der Waals surface area contributed by atoms with E-state index < -0.39 is 4.92 Å². The van der Waals surface area contributed by atoms with Crippen molar-refractivity contribution in [1.29, 1.82) is 5.26 Å². The molecule has 0 saturated heterocycles. The first-order valence-corrected chi connectivity index (χ1v) is 5.68. The summed E-state index contributed by atoms with van der Waals surface area (Å²) >= 11 is 0. The number of nitrogens with zero attached hydrogens (tertiary/aromatic N) is 2. The van der Waals surface area contributed by atoms with E-state index in [0.717, 1.165) is 5.56 Å². The Labute approximate surface area is 106 Å². The van der Waals surface area contributed by atoms with E-state index in [1.165, 1.54) is 6.07 Å². The molecule has 0 heterocycles. The lowest BCUT2D eigenvalue weighted by atomic mass is 9.83. The van der Waals surface area contributed by atoms with Crippen LogP contribution in [0.5, 0.6) is 0 Å². The third kappa shape index (κ3) is 3.28. The Kier molecular flexibility index (Phi) is 4.04. The number of nitrogens with two attached hydrogens (primary N) is 1. The molecule has 0 fully saturated rings. The van der Waals surface area contributed by atoms with Crippen LogP contribution < -0.4 is 5.73 Å². The molecule has 5 nitrogen and oxygen atoms in total. The fourth-order valence-electron chi connectivity index (χ4n) is 1.52. The number of nitro groups is 1. The number of rotatable bonds is 3. The van der Waals surface area contributed by atoms with Crippen molar-refractivity contribution < 1.29 is 4.92 Å². The Morgan fingerprint density at radius 2 is 2.11 bits per heavy atom. The van der Waals surface area contributed by atoms with Gasteiger partial charge in [0.05, 0.1) is 4.92 Å². The van der Waals surface area contributed by atoms with Gasteiger partial charge in [0.25, 0.3) is 5.69 Å². The Balaban J connectivity index is 3.01. The summed E-state index contributed by atoms with van der Waals surface area (Å²) in [5.41, 5.74) is 6.78. The molecule has 0 aliphatic heterocycles. The lowest BCUT2D eigenvalue weighted by Gasteiger charge is -2.27. The fraction of sp³-hybridized carbons (Fsp3) is 0.462. The molecule has 1 aromatic rings. The number of benzene rings is 1. The third-order valence-electron chi connectivity index (χ3n) is 2.95. The molecule has 1 unspecified atom stereocenters. The van der Waals surface area contributed by atoms with Crippen LogP contribution in [-0.2, 0) is 6.42 Å². The van der Waals surface area contributed by atoms with E-state index in [0.29, 0.717) is 6.42 Å². The smallest absolute Gasteiger partial charge is 0.287 e. The van der Waals surface area contributed by atoms with Crippen molar-refractivity contribution in [2.45, 2.75) is 33.2 Å². The zero-order chi connectivity index (χ0) is 13.9. The topological polar surface area (TPSA) is 92.9 Å². The lowest BCUT2D eigenvalue weighted by molar-refractivity contribution is -0.385. The van der Waals surface area contributed by atoms with Crippen LogP contribution in [0.25, 0.3) is 0 Å². The van der Waals surface area contributed by atoms with Gasteiger partial charge in [-0.05, 0) is 23.5 Å². The summed E-state index contributed by atoms with van der Waals surface area (Å²) in [7, 11) is 0. The summed E-state index contributed by atoms with van der Waals surface area (Å²) in [6.07, 6.45) is 0.593. The van der Waals surface area contributed by atoms with Crippen molar-refractivity contribution in [3.8, 4) is 6.07 Å². The van der Waals surface area contributed by atoms with Gasteiger partial charge in [-0.1, -0.05) is 26.8 Å². The monoisotopic (exact) mass is 247 g/mol. The number of nitriles is 1. The first-order valence-electron chi connectivity index (χ1n) is 5.68. The largest absolute Gasteiger partial charge is 0.327 e. The molecule has 0 bridgehead atoms. The predicted octanol–water partition coefficient (Wildman–Crippen LogP) is 2.38. The van der Waals surface area contributed by atoms with Gasteiger partial charge in [0.1, 0.15) is 11.6 Å². The maximum atomic E-state index is 10.7. The molecular formula is C13H17N3O2. The molecule has 1 atom stereocenters. The molecule has 5 heteroatoms. The van der Waals surface area contributed by atoms with Gasteiger partial charge in [0.15, 0.2) is 0 Å². The van der Waals surface area contributed by atoms with Gasteiger partial charge in [-0.2, -0.15) is 5.26 Å². The molecular weight excluding hydrogens is 230 g/mol. The van der Waals surface area contributed by atoms with E-state index in [4.69, 9.17) is 11.0 Å². The highest BCUT2D eigenvalue weighted by molar-refractivity contribution is 5.50. The molecule has 2 N–H and O–H groups in total. The normalized spacial score (nSPS) is 12.8. The minimum Gasteiger partial charge on any atom is -0.327 e. The molecule has 1 aromatic carbocycles. The standard InChI is InChI=1S/C13H17N3O2/c1-13(2,3)12(15)7-9-4-5-11(16(17)18)10(6-9)8-14/h4-6,12H,7,15H2,1-3H3. The minimum atomic E-state index is -0.550. The van der Waals surface area contributed by atoms with Crippen LogP contribution in [0, 0.1) is 26.9 Å².